The van der Waals surface area contributed by atoms with Crippen LogP contribution >= 0.6 is 0 Å². The molecule has 0 aliphatic rings. The van der Waals surface area contributed by atoms with Gasteiger partial charge < -0.3 is 4.98 Å². The largest absolute Gasteiger partial charge is 0.360 e. The number of hydrogen-bond acceptors (Lipinski definition) is 3. The molecule has 2 aromatic heterocycles. The Morgan fingerprint density at radius 1 is 1.42 bits per heavy atom. The number of H-pyrrole nitrogens is 1. The standard InChI is InChI=1S/C18H21N5O/c1-4-14-6-5-7-16-15(9-19-18(14)16)10-20-21-17(24)11-23-13(3)8-12(2)22-23/h5-10,19H,4,11H2,1-3H3,(H,21,24)/b20-10+. The average molecular weight is 323 g/mol. The van der Waals surface area contributed by atoms with Crippen LogP contribution in [-0.4, -0.2) is 26.9 Å². The number of rotatable bonds is 5. The molecule has 3 aromatic rings. The zero-order valence-corrected chi connectivity index (χ0v) is 14.1. The van der Waals surface area contributed by atoms with Gasteiger partial charge in [0.15, 0.2) is 0 Å². The fourth-order valence-corrected chi connectivity index (χ4v) is 2.82. The molecule has 0 bridgehead atoms. The molecule has 0 spiro atoms. The Labute approximate surface area is 140 Å². The number of aromatic nitrogens is 3. The van der Waals surface area contributed by atoms with E-state index in [2.05, 4.69) is 33.6 Å². The van der Waals surface area contributed by atoms with Crippen LogP contribution in [0.15, 0.2) is 35.6 Å². The van der Waals surface area contributed by atoms with E-state index >= 15 is 0 Å². The van der Waals surface area contributed by atoms with Crippen molar-refractivity contribution in [1.29, 1.82) is 0 Å². The quantitative estimate of drug-likeness (QED) is 0.559. The first-order valence-corrected chi connectivity index (χ1v) is 8.00. The topological polar surface area (TPSA) is 75.1 Å². The van der Waals surface area contributed by atoms with Gasteiger partial charge in [0.2, 0.25) is 0 Å². The maximum absolute atomic E-state index is 12.0. The summed E-state index contributed by atoms with van der Waals surface area (Å²) >= 11 is 0. The van der Waals surface area contributed by atoms with Crippen LogP contribution < -0.4 is 5.43 Å². The van der Waals surface area contributed by atoms with Crippen LogP contribution in [0.3, 0.4) is 0 Å². The smallest absolute Gasteiger partial charge is 0.261 e. The van der Waals surface area contributed by atoms with Crippen molar-refractivity contribution in [2.45, 2.75) is 33.7 Å². The minimum atomic E-state index is -0.202. The van der Waals surface area contributed by atoms with Crippen molar-refractivity contribution in [1.82, 2.24) is 20.2 Å². The van der Waals surface area contributed by atoms with Crippen molar-refractivity contribution in [2.75, 3.05) is 0 Å². The van der Waals surface area contributed by atoms with Crippen molar-refractivity contribution < 1.29 is 4.79 Å². The zero-order valence-electron chi connectivity index (χ0n) is 14.1. The first-order valence-electron chi connectivity index (χ1n) is 8.00. The number of benzene rings is 1. The molecule has 124 valence electrons. The van der Waals surface area contributed by atoms with E-state index in [0.717, 1.165) is 34.3 Å². The maximum atomic E-state index is 12.0. The fourth-order valence-electron chi connectivity index (χ4n) is 2.82. The third kappa shape index (κ3) is 3.22. The van der Waals surface area contributed by atoms with E-state index in [1.807, 2.05) is 38.2 Å². The highest BCUT2D eigenvalue weighted by molar-refractivity contribution is 6.00. The predicted molar refractivity (Wildman–Crippen MR) is 95.1 cm³/mol. The van der Waals surface area contributed by atoms with Crippen LogP contribution in [-0.2, 0) is 17.8 Å². The Balaban J connectivity index is 1.68. The first kappa shape index (κ1) is 16.0. The Bertz CT molecular complexity index is 903. The van der Waals surface area contributed by atoms with Crippen LogP contribution in [0.5, 0.6) is 0 Å². The van der Waals surface area contributed by atoms with Crippen molar-refractivity contribution in [3.8, 4) is 0 Å². The normalized spacial score (nSPS) is 11.5. The predicted octanol–water partition coefficient (Wildman–Crippen LogP) is 2.69. The zero-order chi connectivity index (χ0) is 17.1. The third-order valence-electron chi connectivity index (χ3n) is 4.00. The van der Waals surface area contributed by atoms with Gasteiger partial charge in [-0.3, -0.25) is 9.48 Å². The SMILES string of the molecule is CCc1cccc2c(/C=N/NC(=O)Cn3nc(C)cc3C)c[nH]c12. The molecule has 0 saturated heterocycles. The lowest BCUT2D eigenvalue weighted by Crippen LogP contribution is -2.24. The summed E-state index contributed by atoms with van der Waals surface area (Å²) in [5.41, 5.74) is 7.74. The Kier molecular flexibility index (Phi) is 4.46. The third-order valence-corrected chi connectivity index (χ3v) is 4.00. The molecule has 0 fully saturated rings. The summed E-state index contributed by atoms with van der Waals surface area (Å²) in [6, 6.07) is 8.13. The molecule has 24 heavy (non-hydrogen) atoms. The second kappa shape index (κ2) is 6.70. The second-order valence-electron chi connectivity index (χ2n) is 5.82. The number of amides is 1. The van der Waals surface area contributed by atoms with E-state index in [9.17, 15) is 4.79 Å². The number of aromatic amines is 1. The molecule has 0 saturated carbocycles. The summed E-state index contributed by atoms with van der Waals surface area (Å²) in [6.45, 7) is 6.11. The van der Waals surface area contributed by atoms with Gasteiger partial charge in [-0.05, 0) is 31.9 Å². The maximum Gasteiger partial charge on any atom is 0.261 e. The molecule has 6 nitrogen and oxygen atoms in total. The summed E-state index contributed by atoms with van der Waals surface area (Å²) in [7, 11) is 0. The number of hydrazone groups is 1. The van der Waals surface area contributed by atoms with Crippen molar-refractivity contribution in [3.63, 3.8) is 0 Å². The second-order valence-corrected chi connectivity index (χ2v) is 5.82. The summed E-state index contributed by atoms with van der Waals surface area (Å²) in [5.74, 6) is -0.202. The molecule has 0 radical (unpaired) electrons. The van der Waals surface area contributed by atoms with E-state index < -0.39 is 0 Å². The van der Waals surface area contributed by atoms with E-state index in [4.69, 9.17) is 0 Å². The van der Waals surface area contributed by atoms with Crippen molar-refractivity contribution in [2.24, 2.45) is 5.10 Å². The summed E-state index contributed by atoms with van der Waals surface area (Å²) in [4.78, 5) is 15.3. The minimum absolute atomic E-state index is 0.158. The van der Waals surface area contributed by atoms with Gasteiger partial charge in [-0.2, -0.15) is 10.2 Å². The molecule has 0 aliphatic carbocycles. The van der Waals surface area contributed by atoms with Gasteiger partial charge in [-0.15, -0.1) is 0 Å². The number of carbonyl (C=O) groups excluding carboxylic acids is 1. The van der Waals surface area contributed by atoms with Gasteiger partial charge >= 0.3 is 0 Å². The molecule has 6 heteroatoms. The van der Waals surface area contributed by atoms with Crippen molar-refractivity contribution in [3.05, 3.63) is 53.0 Å². The molecule has 0 unspecified atom stereocenters. The summed E-state index contributed by atoms with van der Waals surface area (Å²) in [5, 5.41) is 9.44. The molecule has 0 atom stereocenters. The van der Waals surface area contributed by atoms with Gasteiger partial charge in [-0.25, -0.2) is 5.43 Å². The first-order chi connectivity index (χ1) is 11.6. The molecule has 0 aliphatic heterocycles. The lowest BCUT2D eigenvalue weighted by molar-refractivity contribution is -0.121. The van der Waals surface area contributed by atoms with Gasteiger partial charge in [-0.1, -0.05) is 25.1 Å². The monoisotopic (exact) mass is 323 g/mol. The van der Waals surface area contributed by atoms with Gasteiger partial charge in [0, 0.05) is 28.4 Å². The lowest BCUT2D eigenvalue weighted by atomic mass is 10.1. The molecular weight excluding hydrogens is 302 g/mol. The van der Waals surface area contributed by atoms with Crippen LogP contribution in [0.4, 0.5) is 0 Å². The van der Waals surface area contributed by atoms with E-state index in [-0.39, 0.29) is 12.5 Å². The number of nitrogens with zero attached hydrogens (tertiary/aromatic N) is 3. The molecule has 1 amide bonds. The highest BCUT2D eigenvalue weighted by atomic mass is 16.2. The molecule has 2 N–H and O–H groups in total. The van der Waals surface area contributed by atoms with Crippen LogP contribution in [0.25, 0.3) is 10.9 Å². The van der Waals surface area contributed by atoms with Crippen LogP contribution in [0, 0.1) is 13.8 Å². The number of nitrogens with one attached hydrogen (secondary N) is 2. The van der Waals surface area contributed by atoms with Crippen molar-refractivity contribution >= 4 is 23.0 Å². The van der Waals surface area contributed by atoms with Crippen LogP contribution in [0.1, 0.15) is 29.4 Å². The highest BCUT2D eigenvalue weighted by Crippen LogP contribution is 2.20. The van der Waals surface area contributed by atoms with E-state index in [1.165, 1.54) is 5.56 Å². The number of fused-ring (bicyclic) bond motifs is 1. The fraction of sp³-hybridized carbons (Fsp3) is 0.278. The van der Waals surface area contributed by atoms with Gasteiger partial charge in [0.05, 0.1) is 11.9 Å². The summed E-state index contributed by atoms with van der Waals surface area (Å²) < 4.78 is 1.67. The lowest BCUT2D eigenvalue weighted by Gasteiger charge is -2.02. The van der Waals surface area contributed by atoms with E-state index in [0.29, 0.717) is 0 Å². The Hall–Kier alpha value is -2.89. The van der Waals surface area contributed by atoms with E-state index in [1.54, 1.807) is 10.9 Å². The highest BCUT2D eigenvalue weighted by Gasteiger charge is 2.07. The number of carbonyl (C=O) groups is 1. The minimum Gasteiger partial charge on any atom is -0.360 e. The average Bonchev–Trinajstić information content (AvgIpc) is 3.10. The number of aryl methyl sites for hydroxylation is 3. The molecule has 1 aromatic carbocycles. The molecule has 3 rings (SSSR count). The summed E-state index contributed by atoms with van der Waals surface area (Å²) in [6.07, 6.45) is 4.53. The van der Waals surface area contributed by atoms with Gasteiger partial charge in [0.1, 0.15) is 6.54 Å². The number of hydrogen-bond donors (Lipinski definition) is 2. The Morgan fingerprint density at radius 3 is 2.96 bits per heavy atom. The number of para-hydroxylation sites is 1. The molecular formula is C18H21N5O. The molecule has 2 heterocycles. The van der Waals surface area contributed by atoms with Gasteiger partial charge in [0.25, 0.3) is 5.91 Å². The van der Waals surface area contributed by atoms with Crippen LogP contribution in [0.2, 0.25) is 0 Å². The Morgan fingerprint density at radius 2 is 2.25 bits per heavy atom.